The molecule has 330 valence electrons. The summed E-state index contributed by atoms with van der Waals surface area (Å²) < 4.78 is 10.4. The molecule has 0 N–H and O–H groups in total. The number of aliphatic imine (C=N–C) groups is 2. The summed E-state index contributed by atoms with van der Waals surface area (Å²) in [5.41, 5.74) is 10.1. The minimum Gasteiger partial charge on any atom is -0.497 e. The Morgan fingerprint density at radius 1 is 0.583 bits per heavy atom. The van der Waals surface area contributed by atoms with Crippen LogP contribution in [0.5, 0.6) is 11.5 Å². The molecule has 4 atom stereocenters. The van der Waals surface area contributed by atoms with Crippen molar-refractivity contribution in [3.63, 3.8) is 0 Å². The van der Waals surface area contributed by atoms with Crippen LogP contribution in [0.3, 0.4) is 0 Å². The van der Waals surface area contributed by atoms with Crippen molar-refractivity contribution in [2.75, 3.05) is 14.2 Å². The molecule has 6 nitrogen and oxygen atoms in total. The maximum atomic E-state index is 5.31. The number of aromatic nitrogens is 2. The van der Waals surface area contributed by atoms with Gasteiger partial charge in [-0.05, 0) is 124 Å². The van der Waals surface area contributed by atoms with Gasteiger partial charge in [0.2, 0.25) is 0 Å². The maximum absolute atomic E-state index is 5.31. The maximum Gasteiger partial charge on any atom is 0.125 e. The molecule has 0 bridgehead atoms. The van der Waals surface area contributed by atoms with Crippen molar-refractivity contribution < 1.29 is 9.47 Å². The van der Waals surface area contributed by atoms with Gasteiger partial charge >= 0.3 is 0 Å². The van der Waals surface area contributed by atoms with Crippen molar-refractivity contribution in [2.45, 2.75) is 166 Å². The zero-order valence-corrected chi connectivity index (χ0v) is 41.4. The minimum absolute atomic E-state index is 0.636. The molecule has 4 heterocycles. The van der Waals surface area contributed by atoms with Gasteiger partial charge in [-0.15, -0.1) is 22.7 Å². The van der Waals surface area contributed by atoms with Crippen molar-refractivity contribution in [3.05, 3.63) is 77.5 Å². The Morgan fingerprint density at radius 3 is 1.40 bits per heavy atom. The molecule has 0 radical (unpaired) electrons. The van der Waals surface area contributed by atoms with Gasteiger partial charge < -0.3 is 9.47 Å². The van der Waals surface area contributed by atoms with E-state index in [1.54, 1.807) is 35.1 Å². The Labute approximate surface area is 372 Å². The number of methoxy groups -OCH3 is 2. The van der Waals surface area contributed by atoms with Crippen LogP contribution in [0.15, 0.2) is 50.7 Å². The predicted molar refractivity (Wildman–Crippen MR) is 259 cm³/mol. The van der Waals surface area contributed by atoms with Gasteiger partial charge in [-0.1, -0.05) is 75.3 Å². The van der Waals surface area contributed by atoms with Crippen LogP contribution in [0.1, 0.15) is 169 Å². The number of allylic oxidation sites excluding steroid dienone is 4. The lowest BCUT2D eigenvalue weighted by atomic mass is 9.93. The zero-order valence-electron chi connectivity index (χ0n) is 39.8. The van der Waals surface area contributed by atoms with Crippen LogP contribution in [0.2, 0.25) is 0 Å². The SMILES string of the molecule is CC(C)[C@@H]1CCC2=C1N=CC2.CC(C)[C@H]1CCC2=C1N=CC2.COc1ccc(CC(C)C)c(OC)c1.Cc1nc2c(s1)CC[C@@H]2C(C)C.Cc1nc2c(s1)CC[C@H]2C(C)C. The van der Waals surface area contributed by atoms with E-state index in [9.17, 15) is 0 Å². The average Bonchev–Trinajstić information content (AvgIpc) is 4.03. The van der Waals surface area contributed by atoms with Crippen LogP contribution in [0.4, 0.5) is 0 Å². The second-order valence-corrected chi connectivity index (χ2v) is 22.0. The molecular weight excluding hydrogens is 777 g/mol. The highest BCUT2D eigenvalue weighted by atomic mass is 32.1. The molecule has 6 aliphatic rings. The summed E-state index contributed by atoms with van der Waals surface area (Å²) in [5.74, 6) is 8.48. The number of aryl methyl sites for hydroxylation is 4. The van der Waals surface area contributed by atoms with Gasteiger partial charge in [0.05, 0.1) is 35.6 Å². The van der Waals surface area contributed by atoms with Crippen LogP contribution in [-0.4, -0.2) is 36.6 Å². The standard InChI is InChI=1S/C12H18O2.2C10H15NS.2C10H15N/c1-9(2)7-10-5-6-11(13-3)8-12(10)14-4;2*1-6(2)8-4-5-9-10(8)11-7(3)12-9;2*1-7(2)9-4-3-8-5-6-11-10(8)9/h5-6,8-9H,7H2,1-4H3;2*6,8H,4-5H2,1-3H3;2*6-7,9H,3-5H2,1-2H3/t;2*8-;2*9-/m.1010/s1. The Balaban J connectivity index is 0.000000142. The highest BCUT2D eigenvalue weighted by Gasteiger charge is 2.31. The van der Waals surface area contributed by atoms with E-state index in [4.69, 9.17) is 9.47 Å². The predicted octanol–water partition coefficient (Wildman–Crippen LogP) is 14.7. The van der Waals surface area contributed by atoms with Crippen molar-refractivity contribution in [3.8, 4) is 11.5 Å². The Kier molecular flexibility index (Phi) is 17.8. The van der Waals surface area contributed by atoms with Crippen LogP contribution >= 0.6 is 22.7 Å². The molecule has 1 aromatic carbocycles. The molecule has 8 heteroatoms. The zero-order chi connectivity index (χ0) is 43.7. The van der Waals surface area contributed by atoms with Gasteiger partial charge in [0.25, 0.3) is 0 Å². The van der Waals surface area contributed by atoms with Gasteiger partial charge in [0.15, 0.2) is 0 Å². The summed E-state index contributed by atoms with van der Waals surface area (Å²) in [6, 6.07) is 5.97. The number of benzene rings is 1. The fourth-order valence-electron chi connectivity index (χ4n) is 9.82. The number of ether oxygens (including phenoxy) is 2. The topological polar surface area (TPSA) is 69.0 Å². The third-order valence-electron chi connectivity index (χ3n) is 13.2. The fourth-order valence-corrected chi connectivity index (χ4v) is 11.9. The summed E-state index contributed by atoms with van der Waals surface area (Å²) in [7, 11) is 3.36. The molecule has 0 unspecified atom stereocenters. The minimum atomic E-state index is 0.636. The third kappa shape index (κ3) is 12.3. The first kappa shape index (κ1) is 47.9. The fraction of sp³-hybridized carbons (Fsp3) is 0.654. The number of hydrogen-bond acceptors (Lipinski definition) is 8. The largest absolute Gasteiger partial charge is 0.497 e. The Hall–Kier alpha value is -3.10. The summed E-state index contributed by atoms with van der Waals surface area (Å²) in [6.07, 6.45) is 17.9. The summed E-state index contributed by atoms with van der Waals surface area (Å²) in [5, 5.41) is 2.48. The molecule has 4 aliphatic carbocycles. The van der Waals surface area contributed by atoms with Crippen LogP contribution in [0, 0.1) is 55.3 Å². The van der Waals surface area contributed by atoms with Crippen LogP contribution < -0.4 is 9.47 Å². The molecule has 0 fully saturated rings. The lowest BCUT2D eigenvalue weighted by molar-refractivity contribution is 0.389. The van der Waals surface area contributed by atoms with Crippen molar-refractivity contribution in [1.29, 1.82) is 0 Å². The smallest absolute Gasteiger partial charge is 0.125 e. The van der Waals surface area contributed by atoms with E-state index < -0.39 is 0 Å². The van der Waals surface area contributed by atoms with E-state index in [0.29, 0.717) is 5.92 Å². The first-order valence-electron chi connectivity index (χ1n) is 23.2. The van der Waals surface area contributed by atoms with Crippen molar-refractivity contribution >= 4 is 35.1 Å². The van der Waals surface area contributed by atoms with Gasteiger partial charge in [-0.2, -0.15) is 0 Å². The summed E-state index contributed by atoms with van der Waals surface area (Å²) in [6.45, 7) is 27.0. The molecule has 2 aromatic heterocycles. The summed E-state index contributed by atoms with van der Waals surface area (Å²) in [4.78, 5) is 21.2. The number of nitrogens with zero attached hydrogens (tertiary/aromatic N) is 4. The lowest BCUT2D eigenvalue weighted by Crippen LogP contribution is -2.05. The van der Waals surface area contributed by atoms with Gasteiger partial charge in [0, 0.05) is 76.2 Å². The Morgan fingerprint density at radius 2 is 1.02 bits per heavy atom. The molecule has 0 saturated heterocycles. The molecule has 0 spiro atoms. The number of fused-ring (bicyclic) bond motifs is 2. The second-order valence-electron chi connectivity index (χ2n) is 19.4. The number of thiazole rings is 2. The highest BCUT2D eigenvalue weighted by Crippen LogP contribution is 2.43. The Bertz CT molecular complexity index is 1870. The van der Waals surface area contributed by atoms with E-state index in [2.05, 4.69) is 122 Å². The normalized spacial score (nSPS) is 21.7. The highest BCUT2D eigenvalue weighted by molar-refractivity contribution is 7.12. The number of rotatable bonds is 8. The molecular formula is C52H78N4O2S2. The van der Waals surface area contributed by atoms with Gasteiger partial charge in [0.1, 0.15) is 11.5 Å². The third-order valence-corrected chi connectivity index (χ3v) is 15.2. The molecule has 60 heavy (non-hydrogen) atoms. The van der Waals surface area contributed by atoms with Gasteiger partial charge in [-0.3, -0.25) is 9.98 Å². The number of hydrogen-bond donors (Lipinski definition) is 0. The first-order valence-corrected chi connectivity index (χ1v) is 24.9. The van der Waals surface area contributed by atoms with E-state index in [0.717, 1.165) is 78.1 Å². The second kappa shape index (κ2) is 22.3. The van der Waals surface area contributed by atoms with Crippen molar-refractivity contribution in [2.24, 2.45) is 51.4 Å². The molecule has 0 saturated carbocycles. The van der Waals surface area contributed by atoms with Gasteiger partial charge in [-0.25, -0.2) is 9.97 Å². The van der Waals surface area contributed by atoms with Crippen molar-refractivity contribution in [1.82, 2.24) is 9.97 Å². The lowest BCUT2D eigenvalue weighted by Gasteiger charge is -2.14. The monoisotopic (exact) mass is 855 g/mol. The van der Waals surface area contributed by atoms with E-state index >= 15 is 0 Å². The van der Waals surface area contributed by atoms with E-state index in [1.165, 1.54) is 89.7 Å². The van der Waals surface area contributed by atoms with Crippen LogP contribution in [-0.2, 0) is 19.3 Å². The van der Waals surface area contributed by atoms with E-state index in [1.807, 2.05) is 34.8 Å². The average molecular weight is 855 g/mol. The van der Waals surface area contributed by atoms with Crippen LogP contribution in [0.25, 0.3) is 0 Å². The summed E-state index contributed by atoms with van der Waals surface area (Å²) >= 11 is 3.77. The first-order chi connectivity index (χ1) is 28.6. The molecule has 2 aliphatic heterocycles. The van der Waals surface area contributed by atoms with E-state index in [-0.39, 0.29) is 0 Å². The molecule has 0 amide bonds. The quantitative estimate of drug-likeness (QED) is 0.226. The molecule has 3 aromatic rings. The molecule has 9 rings (SSSR count).